The van der Waals surface area contributed by atoms with Crippen molar-refractivity contribution in [2.45, 2.75) is 98.1 Å². The van der Waals surface area contributed by atoms with Gasteiger partial charge < -0.3 is 24.8 Å². The fraction of sp³-hybridized carbons (Fsp3) is 0.500. The standard InChI is InChI=1S/C17H24P.C15H20P.2ClH.Zr/c1-5-13(3)18(14(4)6-2)17-11-15-9-7-8-10-16(15)12-17;1-11(2)16(12(3)4)15-9-13-7-5-6-8-14(13)10-15;;;/h7-14H,5-6H2,1-4H3;5-12H,1-4H3;2*1H;/q;;;;+2/p-2. The molecule has 0 aliphatic heterocycles. The van der Waals surface area contributed by atoms with Gasteiger partial charge in [0.05, 0.1) is 0 Å². The van der Waals surface area contributed by atoms with Gasteiger partial charge in [-0.2, -0.15) is 0 Å². The zero-order valence-electron chi connectivity index (χ0n) is 23.8. The Kier molecular flexibility index (Phi) is 13.3. The molecule has 0 N–H and O–H groups in total. The molecule has 0 bridgehead atoms. The molecule has 0 saturated heterocycles. The van der Waals surface area contributed by atoms with Gasteiger partial charge in [0.15, 0.2) is 0 Å². The van der Waals surface area contributed by atoms with Crippen LogP contribution in [0.5, 0.6) is 0 Å². The minimum absolute atomic E-state index is 0. The first-order valence-corrected chi connectivity index (χ1v) is 19.5. The van der Waals surface area contributed by atoms with Crippen LogP contribution < -0.4 is 24.8 Å². The summed E-state index contributed by atoms with van der Waals surface area (Å²) >= 11 is -0.865. The number of hydrogen-bond donors (Lipinski definition) is 0. The van der Waals surface area contributed by atoms with Crippen molar-refractivity contribution in [3.63, 3.8) is 0 Å². The summed E-state index contributed by atoms with van der Waals surface area (Å²) in [5.41, 5.74) is 9.46. The number of rotatable bonds is 10. The third-order valence-corrected chi connectivity index (χ3v) is 20.7. The number of halogens is 2. The van der Waals surface area contributed by atoms with Gasteiger partial charge in [0.1, 0.15) is 0 Å². The van der Waals surface area contributed by atoms with Crippen LogP contribution in [0.4, 0.5) is 0 Å². The second-order valence-corrected chi connectivity index (χ2v) is 21.1. The van der Waals surface area contributed by atoms with E-state index in [2.05, 4.69) is 116 Å². The van der Waals surface area contributed by atoms with Crippen LogP contribution >= 0.6 is 15.8 Å². The van der Waals surface area contributed by atoms with Crippen LogP contribution in [-0.4, -0.2) is 22.6 Å². The second-order valence-electron chi connectivity index (χ2n) is 10.9. The minimum Gasteiger partial charge on any atom is -1.00 e. The molecule has 2 aromatic rings. The van der Waals surface area contributed by atoms with E-state index in [0.717, 1.165) is 29.9 Å². The average Bonchev–Trinajstić information content (AvgIpc) is 3.37. The van der Waals surface area contributed by atoms with Gasteiger partial charge in [-0.25, -0.2) is 0 Å². The number of allylic oxidation sites excluding steroid dienone is 2. The normalized spacial score (nSPS) is 20.3. The van der Waals surface area contributed by atoms with Crippen LogP contribution in [0.3, 0.4) is 0 Å². The molecule has 4 unspecified atom stereocenters. The topological polar surface area (TPSA) is 0 Å². The minimum atomic E-state index is -0.865. The van der Waals surface area contributed by atoms with E-state index >= 15 is 0 Å². The Morgan fingerprint density at radius 2 is 1.00 bits per heavy atom. The van der Waals surface area contributed by atoms with Crippen LogP contribution in [0.15, 0.2) is 59.2 Å². The first-order valence-electron chi connectivity index (χ1n) is 13.7. The van der Waals surface area contributed by atoms with Crippen molar-refractivity contribution in [3.05, 3.63) is 81.4 Å². The summed E-state index contributed by atoms with van der Waals surface area (Å²) in [7, 11) is -0.247. The molecule has 200 valence electrons. The van der Waals surface area contributed by atoms with Gasteiger partial charge in [0, 0.05) is 0 Å². The van der Waals surface area contributed by atoms with Gasteiger partial charge in [0.2, 0.25) is 0 Å². The predicted octanol–water partition coefficient (Wildman–Crippen LogP) is 4.65. The second kappa shape index (κ2) is 14.8. The molecular weight excluding hydrogens is 608 g/mol. The van der Waals surface area contributed by atoms with Crippen molar-refractivity contribution in [3.8, 4) is 0 Å². The van der Waals surface area contributed by atoms with Crippen molar-refractivity contribution in [2.75, 3.05) is 0 Å². The van der Waals surface area contributed by atoms with E-state index in [0.29, 0.717) is 0 Å². The molecule has 2 aromatic carbocycles. The van der Waals surface area contributed by atoms with Gasteiger partial charge in [-0.1, -0.05) is 0 Å². The number of fused-ring (bicyclic) bond motifs is 2. The zero-order chi connectivity index (χ0) is 25.3. The summed E-state index contributed by atoms with van der Waals surface area (Å²) < 4.78 is 1.44. The first kappa shape index (κ1) is 33.4. The molecule has 2 aliphatic carbocycles. The number of benzene rings is 2. The molecule has 0 saturated carbocycles. The van der Waals surface area contributed by atoms with E-state index in [1.807, 2.05) is 10.6 Å². The van der Waals surface area contributed by atoms with E-state index in [9.17, 15) is 0 Å². The Hall–Kier alpha value is 0.243. The summed E-state index contributed by atoms with van der Waals surface area (Å²) in [4.78, 5) is 0. The maximum Gasteiger partial charge on any atom is -1.00 e. The Labute approximate surface area is 253 Å². The van der Waals surface area contributed by atoms with Crippen molar-refractivity contribution in [1.29, 1.82) is 0 Å². The fourth-order valence-corrected chi connectivity index (χ4v) is 19.9. The third-order valence-electron chi connectivity index (χ3n) is 7.99. The van der Waals surface area contributed by atoms with Gasteiger partial charge in [-0.05, 0) is 0 Å². The molecule has 0 aromatic heterocycles. The smallest absolute Gasteiger partial charge is 1.00 e. The maximum atomic E-state index is 2.67. The third kappa shape index (κ3) is 6.94. The van der Waals surface area contributed by atoms with E-state index in [1.54, 1.807) is 11.1 Å². The Bertz CT molecular complexity index is 1080. The molecule has 0 fully saturated rings. The van der Waals surface area contributed by atoms with Crippen molar-refractivity contribution in [2.24, 2.45) is 0 Å². The zero-order valence-corrected chi connectivity index (χ0v) is 29.6. The molecule has 37 heavy (non-hydrogen) atoms. The average molecular weight is 653 g/mol. The number of hydrogen-bond acceptors (Lipinski definition) is 0. The molecule has 0 spiro atoms. The quantitative estimate of drug-likeness (QED) is 0.328. The predicted molar refractivity (Wildman–Crippen MR) is 158 cm³/mol. The van der Waals surface area contributed by atoms with E-state index in [1.165, 1.54) is 24.0 Å². The van der Waals surface area contributed by atoms with E-state index in [-0.39, 0.29) is 40.7 Å². The van der Waals surface area contributed by atoms with Gasteiger partial charge in [0.25, 0.3) is 0 Å². The molecule has 4 atom stereocenters. The molecule has 5 heteroatoms. The Morgan fingerprint density at radius 3 is 1.38 bits per heavy atom. The van der Waals surface area contributed by atoms with Crippen molar-refractivity contribution in [1.82, 2.24) is 0 Å². The van der Waals surface area contributed by atoms with Gasteiger partial charge in [-0.3, -0.25) is 0 Å². The van der Waals surface area contributed by atoms with E-state index < -0.39 is 23.2 Å². The van der Waals surface area contributed by atoms with Gasteiger partial charge in [-0.15, -0.1) is 0 Å². The Morgan fingerprint density at radius 1 is 0.622 bits per heavy atom. The van der Waals surface area contributed by atoms with Gasteiger partial charge >= 0.3 is 231 Å². The molecule has 0 nitrogen and oxygen atoms in total. The van der Waals surface area contributed by atoms with Crippen LogP contribution in [0.25, 0.3) is 12.2 Å². The van der Waals surface area contributed by atoms with E-state index in [4.69, 9.17) is 0 Å². The fourth-order valence-electron chi connectivity index (χ4n) is 6.11. The van der Waals surface area contributed by atoms with Crippen LogP contribution in [0.2, 0.25) is 0 Å². The molecule has 4 rings (SSSR count). The molecular formula is C32H44Cl2P2Zr. The molecule has 0 radical (unpaired) electrons. The summed E-state index contributed by atoms with van der Waals surface area (Å²) in [5.74, 6) is 0. The summed E-state index contributed by atoms with van der Waals surface area (Å²) in [5, 5.41) is 3.69. The summed E-state index contributed by atoms with van der Waals surface area (Å²) in [6, 6.07) is 18.8. The molecule has 0 amide bonds. The van der Waals surface area contributed by atoms with Crippen LogP contribution in [0, 0.1) is 0 Å². The monoisotopic (exact) mass is 650 g/mol. The summed E-state index contributed by atoms with van der Waals surface area (Å²) in [6.07, 6.45) is 7.90. The SMILES string of the molecule is CCC(C)P(C1=Cc2ccccc2[CH]1[Zr+2][CH]1C(P(C(C)C)C(C)C)=Cc2ccccc21)C(C)CC.[Cl-].[Cl-]. The van der Waals surface area contributed by atoms with Crippen LogP contribution in [-0.2, 0) is 23.2 Å². The van der Waals surface area contributed by atoms with Crippen molar-refractivity contribution < 1.29 is 48.0 Å². The summed E-state index contributed by atoms with van der Waals surface area (Å²) in [6.45, 7) is 19.8. The Balaban J connectivity index is 0.00000241. The molecule has 0 heterocycles. The maximum absolute atomic E-state index is 2.67. The first-order chi connectivity index (χ1) is 16.8. The largest absolute Gasteiger partial charge is 1.00 e. The van der Waals surface area contributed by atoms with Crippen LogP contribution in [0.1, 0.15) is 97.7 Å². The van der Waals surface area contributed by atoms with Crippen molar-refractivity contribution >= 4 is 28.0 Å². The molecule has 2 aliphatic rings.